The summed E-state index contributed by atoms with van der Waals surface area (Å²) in [6.45, 7) is 1.37. The lowest BCUT2D eigenvalue weighted by atomic mass is 9.98. The first-order chi connectivity index (χ1) is 11.7. The van der Waals surface area contributed by atoms with E-state index < -0.39 is 5.60 Å². The smallest absolute Gasteiger partial charge is 0.409 e. The molecule has 4 heteroatoms. The van der Waals surface area contributed by atoms with Gasteiger partial charge in [0, 0.05) is 18.4 Å². The minimum absolute atomic E-state index is 0.0848. The number of ether oxygens (including phenoxy) is 1. The first-order valence-electron chi connectivity index (χ1n) is 8.48. The molecule has 1 aliphatic heterocycles. The van der Waals surface area contributed by atoms with E-state index >= 15 is 0 Å². The standard InChI is InChI=1S/C20H19NO3/c22-19(21-10-13-9-20(13,23)12-21)24-11-18-16-7-3-1-5-14(16)15-6-2-4-8-17(15)18/h1-8,13,18,23H,9-12H2. The molecule has 2 atom stereocenters. The number of fused-ring (bicyclic) bond motifs is 4. The van der Waals surface area contributed by atoms with Gasteiger partial charge in [-0.15, -0.1) is 0 Å². The second-order valence-electron chi connectivity index (χ2n) is 7.19. The number of likely N-dealkylation sites (tertiary alicyclic amines) is 1. The van der Waals surface area contributed by atoms with Crippen LogP contribution < -0.4 is 0 Å². The van der Waals surface area contributed by atoms with Crippen LogP contribution in [0.2, 0.25) is 0 Å². The zero-order valence-corrected chi connectivity index (χ0v) is 13.3. The molecule has 3 aliphatic rings. The molecule has 0 spiro atoms. The number of hydrogen-bond donors (Lipinski definition) is 1. The number of carbonyl (C=O) groups is 1. The van der Waals surface area contributed by atoms with E-state index in [9.17, 15) is 9.90 Å². The third kappa shape index (κ3) is 1.99. The lowest BCUT2D eigenvalue weighted by Crippen LogP contribution is -2.34. The van der Waals surface area contributed by atoms with Gasteiger partial charge >= 0.3 is 6.09 Å². The fourth-order valence-corrected chi connectivity index (χ4v) is 4.28. The Bertz CT molecular complexity index is 788. The van der Waals surface area contributed by atoms with Crippen molar-refractivity contribution in [2.24, 2.45) is 5.92 Å². The maximum absolute atomic E-state index is 12.3. The first-order valence-corrected chi connectivity index (χ1v) is 8.48. The number of hydrogen-bond acceptors (Lipinski definition) is 3. The first kappa shape index (κ1) is 14.1. The molecule has 24 heavy (non-hydrogen) atoms. The largest absolute Gasteiger partial charge is 0.448 e. The van der Waals surface area contributed by atoms with Gasteiger partial charge in [-0.05, 0) is 28.7 Å². The normalized spacial score (nSPS) is 26.7. The molecule has 0 bridgehead atoms. The van der Waals surface area contributed by atoms with Crippen molar-refractivity contribution >= 4 is 6.09 Å². The van der Waals surface area contributed by atoms with Crippen LogP contribution in [0, 0.1) is 5.92 Å². The summed E-state index contributed by atoms with van der Waals surface area (Å²) in [5, 5.41) is 10.1. The molecule has 2 unspecified atom stereocenters. The van der Waals surface area contributed by atoms with Crippen molar-refractivity contribution in [3.63, 3.8) is 0 Å². The molecule has 2 fully saturated rings. The summed E-state index contributed by atoms with van der Waals surface area (Å²) in [6.07, 6.45) is 0.512. The van der Waals surface area contributed by atoms with Crippen LogP contribution in [-0.4, -0.2) is 41.4 Å². The highest BCUT2D eigenvalue weighted by Gasteiger charge is 2.60. The van der Waals surface area contributed by atoms with Crippen LogP contribution in [0.4, 0.5) is 4.79 Å². The molecule has 1 saturated carbocycles. The van der Waals surface area contributed by atoms with Crippen molar-refractivity contribution < 1.29 is 14.6 Å². The second-order valence-corrected chi connectivity index (χ2v) is 7.19. The van der Waals surface area contributed by atoms with Gasteiger partial charge in [-0.3, -0.25) is 0 Å². The van der Waals surface area contributed by atoms with Crippen molar-refractivity contribution in [3.8, 4) is 11.1 Å². The summed E-state index contributed by atoms with van der Waals surface area (Å²) in [5.74, 6) is 0.333. The van der Waals surface area contributed by atoms with Crippen LogP contribution in [0.15, 0.2) is 48.5 Å². The Kier molecular flexibility index (Phi) is 2.83. The van der Waals surface area contributed by atoms with E-state index in [1.807, 2.05) is 24.3 Å². The minimum Gasteiger partial charge on any atom is -0.448 e. The van der Waals surface area contributed by atoms with Crippen molar-refractivity contribution in [2.75, 3.05) is 19.7 Å². The van der Waals surface area contributed by atoms with Crippen LogP contribution in [0.3, 0.4) is 0 Å². The Morgan fingerprint density at radius 1 is 1.12 bits per heavy atom. The number of β-amino-alcohol motifs (C(OH)–C–C–N with tert-alkyl or cyclic N) is 1. The van der Waals surface area contributed by atoms with Gasteiger partial charge in [0.1, 0.15) is 6.61 Å². The average Bonchev–Trinajstić information content (AvgIpc) is 2.97. The molecule has 1 N–H and O–H groups in total. The molecule has 2 aromatic carbocycles. The van der Waals surface area contributed by atoms with Gasteiger partial charge in [0.15, 0.2) is 0 Å². The van der Waals surface area contributed by atoms with Crippen LogP contribution >= 0.6 is 0 Å². The number of amides is 1. The number of rotatable bonds is 2. The molecule has 4 nitrogen and oxygen atoms in total. The Hall–Kier alpha value is -2.33. The molecule has 0 radical (unpaired) electrons. The Morgan fingerprint density at radius 2 is 1.75 bits per heavy atom. The highest BCUT2D eigenvalue weighted by atomic mass is 16.6. The molecular weight excluding hydrogens is 302 g/mol. The summed E-state index contributed by atoms with van der Waals surface area (Å²) in [6, 6.07) is 16.6. The van der Waals surface area contributed by atoms with E-state index in [1.165, 1.54) is 22.3 Å². The summed E-state index contributed by atoms with van der Waals surface area (Å²) < 4.78 is 5.61. The maximum Gasteiger partial charge on any atom is 0.409 e. The Balaban J connectivity index is 1.35. The van der Waals surface area contributed by atoms with Crippen LogP contribution in [0.1, 0.15) is 23.5 Å². The Morgan fingerprint density at radius 3 is 2.33 bits per heavy atom. The zero-order valence-electron chi connectivity index (χ0n) is 13.3. The molecule has 2 aromatic rings. The fraction of sp³-hybridized carbons (Fsp3) is 0.350. The number of benzene rings is 2. The molecule has 0 aromatic heterocycles. The third-order valence-corrected chi connectivity index (χ3v) is 5.70. The SMILES string of the molecule is O=C(OCC1c2ccccc2-c2ccccc21)N1CC2CC2(O)C1. The molecular formula is C20H19NO3. The highest BCUT2D eigenvalue weighted by Crippen LogP contribution is 2.49. The van der Waals surface area contributed by atoms with E-state index in [0.29, 0.717) is 19.7 Å². The van der Waals surface area contributed by atoms with E-state index in [2.05, 4.69) is 24.3 Å². The topological polar surface area (TPSA) is 49.8 Å². The van der Waals surface area contributed by atoms with Gasteiger partial charge in [-0.2, -0.15) is 0 Å². The molecule has 1 saturated heterocycles. The fourth-order valence-electron chi connectivity index (χ4n) is 4.28. The number of carbonyl (C=O) groups excluding carboxylic acids is 1. The minimum atomic E-state index is -0.633. The van der Waals surface area contributed by atoms with Crippen molar-refractivity contribution in [1.29, 1.82) is 0 Å². The van der Waals surface area contributed by atoms with Crippen molar-refractivity contribution in [1.82, 2.24) is 4.90 Å². The zero-order chi connectivity index (χ0) is 16.3. The van der Waals surface area contributed by atoms with E-state index in [1.54, 1.807) is 4.90 Å². The second kappa shape index (κ2) is 4.84. The maximum atomic E-state index is 12.3. The van der Waals surface area contributed by atoms with E-state index in [4.69, 9.17) is 4.74 Å². The monoisotopic (exact) mass is 321 g/mol. The highest BCUT2D eigenvalue weighted by molar-refractivity contribution is 5.79. The summed E-state index contributed by atoms with van der Waals surface area (Å²) in [4.78, 5) is 14.0. The number of piperidine rings is 1. The quantitative estimate of drug-likeness (QED) is 0.925. The molecule has 1 heterocycles. The average molecular weight is 321 g/mol. The lowest BCUT2D eigenvalue weighted by molar-refractivity contribution is 0.0858. The van der Waals surface area contributed by atoms with Gasteiger partial charge in [0.2, 0.25) is 0 Å². The summed E-state index contributed by atoms with van der Waals surface area (Å²) in [7, 11) is 0. The van der Waals surface area contributed by atoms with Gasteiger partial charge in [-0.1, -0.05) is 48.5 Å². The molecule has 2 aliphatic carbocycles. The number of aliphatic hydroxyl groups is 1. The molecule has 5 rings (SSSR count). The molecule has 1 amide bonds. The van der Waals surface area contributed by atoms with Crippen LogP contribution in [-0.2, 0) is 4.74 Å². The summed E-state index contributed by atoms with van der Waals surface area (Å²) in [5.41, 5.74) is 4.26. The lowest BCUT2D eigenvalue weighted by Gasteiger charge is -2.20. The summed E-state index contributed by atoms with van der Waals surface area (Å²) >= 11 is 0. The van der Waals surface area contributed by atoms with Gasteiger partial charge in [0.25, 0.3) is 0 Å². The van der Waals surface area contributed by atoms with Crippen LogP contribution in [0.5, 0.6) is 0 Å². The third-order valence-electron chi connectivity index (χ3n) is 5.70. The van der Waals surface area contributed by atoms with Gasteiger partial charge in [0.05, 0.1) is 12.1 Å². The number of nitrogens with zero attached hydrogens (tertiary/aromatic N) is 1. The van der Waals surface area contributed by atoms with Gasteiger partial charge < -0.3 is 14.7 Å². The van der Waals surface area contributed by atoms with Gasteiger partial charge in [-0.25, -0.2) is 4.79 Å². The van der Waals surface area contributed by atoms with Crippen molar-refractivity contribution in [2.45, 2.75) is 17.9 Å². The molecule has 122 valence electrons. The van der Waals surface area contributed by atoms with Crippen LogP contribution in [0.25, 0.3) is 11.1 Å². The Labute approximate surface area is 140 Å². The van der Waals surface area contributed by atoms with E-state index in [0.717, 1.165) is 6.42 Å². The van der Waals surface area contributed by atoms with E-state index in [-0.39, 0.29) is 17.9 Å². The predicted octanol–water partition coefficient (Wildman–Crippen LogP) is 3.00. The predicted molar refractivity (Wildman–Crippen MR) is 89.7 cm³/mol. The van der Waals surface area contributed by atoms with Crippen molar-refractivity contribution in [3.05, 3.63) is 59.7 Å².